The molecule has 1 N–H and O–H groups in total. The Labute approximate surface area is 100 Å². The van der Waals surface area contributed by atoms with Gasteiger partial charge < -0.3 is 19.2 Å². The lowest BCUT2D eigenvalue weighted by Gasteiger charge is -2.15. The normalized spacial score (nSPS) is 10.6. The van der Waals surface area contributed by atoms with Crippen LogP contribution >= 0.6 is 0 Å². The zero-order chi connectivity index (χ0) is 12.8. The van der Waals surface area contributed by atoms with E-state index in [-0.39, 0.29) is 24.9 Å². The number of hydrogen-bond acceptors (Lipinski definition) is 5. The summed E-state index contributed by atoms with van der Waals surface area (Å²) in [5.74, 6) is 0.540. The van der Waals surface area contributed by atoms with Crippen LogP contribution in [0.4, 0.5) is 0 Å². The summed E-state index contributed by atoms with van der Waals surface area (Å²) in [6, 6.07) is 0. The summed E-state index contributed by atoms with van der Waals surface area (Å²) in [5.41, 5.74) is 0.593. The van der Waals surface area contributed by atoms with Crippen molar-refractivity contribution < 1.29 is 19.1 Å². The smallest absolute Gasteiger partial charge is 0.291 e. The Morgan fingerprint density at radius 3 is 2.71 bits per heavy atom. The number of nitrogens with zero attached hydrogens (tertiary/aromatic N) is 2. The van der Waals surface area contributed by atoms with Crippen LogP contribution in [-0.2, 0) is 4.74 Å². The number of aliphatic hydroxyl groups is 1. The maximum Gasteiger partial charge on any atom is 0.291 e. The number of hydrogen-bond donors (Lipinski definition) is 1. The fourth-order valence-corrected chi connectivity index (χ4v) is 1.37. The summed E-state index contributed by atoms with van der Waals surface area (Å²) in [6.45, 7) is 4.53. The first-order chi connectivity index (χ1) is 8.06. The molecule has 0 spiro atoms. The molecule has 0 aromatic carbocycles. The molecular formula is C11H18N2O4. The Balaban J connectivity index is 2.49. The number of aryl methyl sites for hydroxylation is 2. The zero-order valence-corrected chi connectivity index (χ0v) is 10.4. The first kappa shape index (κ1) is 13.7. The molecule has 1 amide bonds. The van der Waals surface area contributed by atoms with E-state index in [4.69, 9.17) is 14.3 Å². The first-order valence-corrected chi connectivity index (χ1v) is 5.44. The van der Waals surface area contributed by atoms with Crippen molar-refractivity contribution in [2.75, 3.05) is 33.4 Å². The predicted octanol–water partition coefficient (Wildman–Crippen LogP) is 0.372. The molecule has 0 radical (unpaired) electrons. The van der Waals surface area contributed by atoms with Crippen LogP contribution in [0.25, 0.3) is 0 Å². The van der Waals surface area contributed by atoms with Crippen LogP contribution in [0, 0.1) is 13.8 Å². The standard InChI is InChI=1S/C11H18N2O4/c1-8-10(17-9(2)12-8)11(15)13(3)4-6-16-7-5-14/h14H,4-7H2,1-3H3. The minimum Gasteiger partial charge on any atom is -0.436 e. The molecule has 0 aliphatic rings. The number of carbonyl (C=O) groups is 1. The number of carbonyl (C=O) groups excluding carboxylic acids is 1. The third kappa shape index (κ3) is 3.83. The highest BCUT2D eigenvalue weighted by atomic mass is 16.5. The van der Waals surface area contributed by atoms with Crippen LogP contribution in [0.2, 0.25) is 0 Å². The van der Waals surface area contributed by atoms with Gasteiger partial charge in [-0.15, -0.1) is 0 Å². The van der Waals surface area contributed by atoms with Gasteiger partial charge in [0.1, 0.15) is 0 Å². The van der Waals surface area contributed by atoms with Crippen LogP contribution < -0.4 is 0 Å². The zero-order valence-electron chi connectivity index (χ0n) is 10.4. The van der Waals surface area contributed by atoms with Gasteiger partial charge in [0.05, 0.1) is 25.5 Å². The second-order valence-electron chi connectivity index (χ2n) is 3.71. The summed E-state index contributed by atoms with van der Waals surface area (Å²) >= 11 is 0. The molecule has 1 aromatic heterocycles. The second kappa shape index (κ2) is 6.36. The van der Waals surface area contributed by atoms with E-state index in [1.807, 2.05) is 0 Å². The number of ether oxygens (including phenoxy) is 1. The minimum atomic E-state index is -0.212. The van der Waals surface area contributed by atoms with Gasteiger partial charge in [0.2, 0.25) is 5.76 Å². The van der Waals surface area contributed by atoms with Crippen LogP contribution in [0.1, 0.15) is 22.1 Å². The quantitative estimate of drug-likeness (QED) is 0.729. The van der Waals surface area contributed by atoms with E-state index < -0.39 is 0 Å². The van der Waals surface area contributed by atoms with E-state index in [2.05, 4.69) is 4.98 Å². The average molecular weight is 242 g/mol. The summed E-state index contributed by atoms with van der Waals surface area (Å²) in [7, 11) is 1.67. The summed E-state index contributed by atoms with van der Waals surface area (Å²) in [5, 5.41) is 8.53. The third-order valence-corrected chi connectivity index (χ3v) is 2.25. The number of aliphatic hydroxyl groups excluding tert-OH is 1. The number of likely N-dealkylation sites (N-methyl/N-ethyl adjacent to an activating group) is 1. The fraction of sp³-hybridized carbons (Fsp3) is 0.636. The molecule has 0 aliphatic heterocycles. The van der Waals surface area contributed by atoms with Gasteiger partial charge in [-0.3, -0.25) is 4.79 Å². The fourth-order valence-electron chi connectivity index (χ4n) is 1.37. The van der Waals surface area contributed by atoms with Gasteiger partial charge in [-0.2, -0.15) is 0 Å². The van der Waals surface area contributed by atoms with Gasteiger partial charge >= 0.3 is 0 Å². The molecule has 0 fully saturated rings. The molecule has 6 nitrogen and oxygen atoms in total. The van der Waals surface area contributed by atoms with Crippen molar-refractivity contribution >= 4 is 5.91 Å². The molecular weight excluding hydrogens is 224 g/mol. The van der Waals surface area contributed by atoms with E-state index in [0.29, 0.717) is 24.7 Å². The molecule has 1 aromatic rings. The van der Waals surface area contributed by atoms with E-state index >= 15 is 0 Å². The maximum absolute atomic E-state index is 11.9. The lowest BCUT2D eigenvalue weighted by molar-refractivity contribution is 0.0595. The van der Waals surface area contributed by atoms with Crippen LogP contribution in [-0.4, -0.2) is 54.3 Å². The lowest BCUT2D eigenvalue weighted by atomic mass is 10.3. The highest BCUT2D eigenvalue weighted by Gasteiger charge is 2.19. The Kier molecular flexibility index (Phi) is 5.11. The molecule has 96 valence electrons. The van der Waals surface area contributed by atoms with Gasteiger partial charge in [0.25, 0.3) is 5.91 Å². The van der Waals surface area contributed by atoms with Crippen molar-refractivity contribution in [3.8, 4) is 0 Å². The SMILES string of the molecule is Cc1nc(C)c(C(=O)N(C)CCOCCO)o1. The van der Waals surface area contributed by atoms with Crippen molar-refractivity contribution in [2.24, 2.45) is 0 Å². The van der Waals surface area contributed by atoms with Crippen molar-refractivity contribution in [1.82, 2.24) is 9.88 Å². The topological polar surface area (TPSA) is 75.8 Å². The Morgan fingerprint density at radius 1 is 1.47 bits per heavy atom. The van der Waals surface area contributed by atoms with Crippen molar-refractivity contribution in [3.63, 3.8) is 0 Å². The van der Waals surface area contributed by atoms with E-state index in [1.165, 1.54) is 4.90 Å². The number of aromatic nitrogens is 1. The van der Waals surface area contributed by atoms with Gasteiger partial charge in [-0.25, -0.2) is 4.98 Å². The summed E-state index contributed by atoms with van der Waals surface area (Å²) < 4.78 is 10.3. The van der Waals surface area contributed by atoms with Crippen molar-refractivity contribution in [3.05, 3.63) is 17.3 Å². The molecule has 0 atom stereocenters. The van der Waals surface area contributed by atoms with Gasteiger partial charge in [-0.05, 0) is 6.92 Å². The van der Waals surface area contributed by atoms with E-state index in [9.17, 15) is 4.79 Å². The lowest BCUT2D eigenvalue weighted by Crippen LogP contribution is -2.30. The van der Waals surface area contributed by atoms with Gasteiger partial charge in [0, 0.05) is 20.5 Å². The van der Waals surface area contributed by atoms with E-state index in [1.54, 1.807) is 20.9 Å². The molecule has 6 heteroatoms. The molecule has 17 heavy (non-hydrogen) atoms. The molecule has 1 heterocycles. The highest BCUT2D eigenvalue weighted by Crippen LogP contribution is 2.11. The molecule has 0 aliphatic carbocycles. The van der Waals surface area contributed by atoms with Crippen molar-refractivity contribution in [2.45, 2.75) is 13.8 Å². The second-order valence-corrected chi connectivity index (χ2v) is 3.71. The Bertz CT molecular complexity index is 376. The van der Waals surface area contributed by atoms with Crippen LogP contribution in [0.15, 0.2) is 4.42 Å². The number of oxazole rings is 1. The predicted molar refractivity (Wildman–Crippen MR) is 60.8 cm³/mol. The highest BCUT2D eigenvalue weighted by molar-refractivity contribution is 5.92. The molecule has 0 saturated carbocycles. The maximum atomic E-state index is 11.9. The minimum absolute atomic E-state index is 0.0158. The molecule has 0 saturated heterocycles. The Morgan fingerprint density at radius 2 is 2.18 bits per heavy atom. The van der Waals surface area contributed by atoms with E-state index in [0.717, 1.165) is 0 Å². The summed E-state index contributed by atoms with van der Waals surface area (Å²) in [6.07, 6.45) is 0. The first-order valence-electron chi connectivity index (χ1n) is 5.44. The summed E-state index contributed by atoms with van der Waals surface area (Å²) in [4.78, 5) is 17.5. The Hall–Kier alpha value is -1.40. The van der Waals surface area contributed by atoms with Crippen LogP contribution in [0.3, 0.4) is 0 Å². The average Bonchev–Trinajstić information content (AvgIpc) is 2.62. The van der Waals surface area contributed by atoms with Gasteiger partial charge in [0.15, 0.2) is 5.89 Å². The van der Waals surface area contributed by atoms with Crippen LogP contribution in [0.5, 0.6) is 0 Å². The molecule has 0 unspecified atom stereocenters. The number of rotatable bonds is 6. The third-order valence-electron chi connectivity index (χ3n) is 2.25. The number of amides is 1. The largest absolute Gasteiger partial charge is 0.436 e. The molecule has 0 bridgehead atoms. The van der Waals surface area contributed by atoms with Crippen molar-refractivity contribution in [1.29, 1.82) is 0 Å². The molecule has 1 rings (SSSR count). The van der Waals surface area contributed by atoms with Gasteiger partial charge in [-0.1, -0.05) is 0 Å². The monoisotopic (exact) mass is 242 g/mol.